The Bertz CT molecular complexity index is 923. The third-order valence-electron chi connectivity index (χ3n) is 6.02. The number of amides is 1. The third-order valence-corrected chi connectivity index (χ3v) is 8.85. The molecule has 0 unspecified atom stereocenters. The van der Waals surface area contributed by atoms with Crippen molar-refractivity contribution in [3.05, 3.63) is 53.4 Å². The van der Waals surface area contributed by atoms with Crippen molar-refractivity contribution in [3.63, 3.8) is 0 Å². The number of rotatable bonds is 11. The number of nitrogens with zero attached hydrogens (tertiary/aromatic N) is 1. The maximum Gasteiger partial charge on any atom is 0.250 e. The molecule has 0 spiro atoms. The Kier molecular flexibility index (Phi) is 9.28. The summed E-state index contributed by atoms with van der Waals surface area (Å²) < 4.78 is 27.8. The van der Waals surface area contributed by atoms with Crippen molar-refractivity contribution >= 4 is 27.3 Å². The lowest BCUT2D eigenvalue weighted by Gasteiger charge is -2.32. The molecule has 176 valence electrons. The van der Waals surface area contributed by atoms with Gasteiger partial charge in [-0.1, -0.05) is 50.2 Å². The summed E-state index contributed by atoms with van der Waals surface area (Å²) in [5, 5.41) is 4.64. The Morgan fingerprint density at radius 3 is 2.47 bits per heavy atom. The van der Waals surface area contributed by atoms with Crippen LogP contribution in [-0.4, -0.2) is 51.4 Å². The van der Waals surface area contributed by atoms with Crippen LogP contribution >= 0.6 is 11.3 Å². The number of hydrogen-bond acceptors (Lipinski definition) is 5. The van der Waals surface area contributed by atoms with Gasteiger partial charge in [0.2, 0.25) is 5.91 Å². The Labute approximate surface area is 196 Å². The molecule has 1 atom stereocenters. The molecule has 1 saturated heterocycles. The van der Waals surface area contributed by atoms with Crippen LogP contribution in [0, 0.1) is 11.8 Å². The fourth-order valence-electron chi connectivity index (χ4n) is 4.12. The van der Waals surface area contributed by atoms with Gasteiger partial charge in [-0.3, -0.25) is 4.79 Å². The van der Waals surface area contributed by atoms with Gasteiger partial charge >= 0.3 is 0 Å². The molecule has 2 heterocycles. The zero-order chi connectivity index (χ0) is 23.0. The quantitative estimate of drug-likeness (QED) is 0.486. The van der Waals surface area contributed by atoms with Gasteiger partial charge in [0, 0.05) is 6.54 Å². The minimum absolute atomic E-state index is 0.145. The number of carbonyl (C=O) groups excluding carboxylic acids is 1. The summed E-state index contributed by atoms with van der Waals surface area (Å²) in [6, 6.07) is 13.1. The van der Waals surface area contributed by atoms with Gasteiger partial charge in [0.05, 0.1) is 0 Å². The molecule has 2 N–H and O–H groups in total. The Balaban J connectivity index is 1.37. The SMILES string of the molecule is CC(C)[C@@H](NS(=O)(=O)c1cccs1)C(=O)NCCCN1CCC(Cc2ccccc2)CC1. The van der Waals surface area contributed by atoms with Gasteiger partial charge in [0.25, 0.3) is 10.0 Å². The van der Waals surface area contributed by atoms with E-state index in [9.17, 15) is 13.2 Å². The second-order valence-electron chi connectivity index (χ2n) is 8.89. The van der Waals surface area contributed by atoms with Crippen LogP contribution in [0.2, 0.25) is 0 Å². The topological polar surface area (TPSA) is 78.5 Å². The standard InChI is InChI=1S/C24H35N3O3S2/c1-19(2)23(26-32(29,30)22-10-6-17-31-22)24(28)25-13-7-14-27-15-11-21(12-16-27)18-20-8-4-3-5-9-20/h3-6,8-10,17,19,21,23,26H,7,11-16,18H2,1-2H3,(H,25,28)/t23-/m1/s1. The maximum absolute atomic E-state index is 12.7. The van der Waals surface area contributed by atoms with Crippen LogP contribution in [0.5, 0.6) is 0 Å². The van der Waals surface area contributed by atoms with Crippen molar-refractivity contribution in [2.24, 2.45) is 11.8 Å². The van der Waals surface area contributed by atoms with Gasteiger partial charge in [-0.2, -0.15) is 4.72 Å². The molecule has 3 rings (SSSR count). The molecule has 6 nitrogen and oxygen atoms in total. The molecule has 1 aliphatic rings. The lowest BCUT2D eigenvalue weighted by molar-refractivity contribution is -0.123. The number of benzene rings is 1. The summed E-state index contributed by atoms with van der Waals surface area (Å²) >= 11 is 1.15. The van der Waals surface area contributed by atoms with Crippen LogP contribution in [0.4, 0.5) is 0 Å². The van der Waals surface area contributed by atoms with E-state index < -0.39 is 16.1 Å². The highest BCUT2D eigenvalue weighted by Crippen LogP contribution is 2.21. The zero-order valence-electron chi connectivity index (χ0n) is 19.0. The zero-order valence-corrected chi connectivity index (χ0v) is 20.6. The summed E-state index contributed by atoms with van der Waals surface area (Å²) in [6.07, 6.45) is 4.43. The molecular weight excluding hydrogens is 442 g/mol. The molecule has 1 amide bonds. The number of hydrogen-bond donors (Lipinski definition) is 2. The van der Waals surface area contributed by atoms with Gasteiger partial charge in [0.15, 0.2) is 0 Å². The highest BCUT2D eigenvalue weighted by molar-refractivity contribution is 7.91. The predicted molar refractivity (Wildman–Crippen MR) is 130 cm³/mol. The number of piperidine rings is 1. The first kappa shape index (κ1) is 24.9. The minimum Gasteiger partial charge on any atom is -0.355 e. The second-order valence-corrected chi connectivity index (χ2v) is 11.8. The monoisotopic (exact) mass is 477 g/mol. The van der Waals surface area contributed by atoms with Crippen LogP contribution in [0.15, 0.2) is 52.1 Å². The third kappa shape index (κ3) is 7.40. The lowest BCUT2D eigenvalue weighted by atomic mass is 9.90. The Hall–Kier alpha value is -1.74. The number of thiophene rings is 1. The smallest absolute Gasteiger partial charge is 0.250 e. The first-order valence-corrected chi connectivity index (χ1v) is 13.8. The predicted octanol–water partition coefficient (Wildman–Crippen LogP) is 3.51. The van der Waals surface area contributed by atoms with E-state index in [4.69, 9.17) is 0 Å². The van der Waals surface area contributed by atoms with E-state index in [1.165, 1.54) is 18.4 Å². The van der Waals surface area contributed by atoms with E-state index in [2.05, 4.69) is 45.3 Å². The maximum atomic E-state index is 12.7. The molecule has 0 radical (unpaired) electrons. The molecular formula is C24H35N3O3S2. The average Bonchev–Trinajstić information content (AvgIpc) is 3.33. The van der Waals surface area contributed by atoms with E-state index in [1.54, 1.807) is 17.5 Å². The molecule has 32 heavy (non-hydrogen) atoms. The Morgan fingerprint density at radius 2 is 1.84 bits per heavy atom. The number of likely N-dealkylation sites (tertiary alicyclic amines) is 1. The van der Waals surface area contributed by atoms with Gasteiger partial charge in [-0.15, -0.1) is 11.3 Å². The number of nitrogens with one attached hydrogen (secondary N) is 2. The van der Waals surface area contributed by atoms with E-state index in [1.807, 2.05) is 13.8 Å². The van der Waals surface area contributed by atoms with Crippen molar-refractivity contribution < 1.29 is 13.2 Å². The highest BCUT2D eigenvalue weighted by atomic mass is 32.2. The molecule has 1 aromatic heterocycles. The van der Waals surface area contributed by atoms with E-state index in [0.717, 1.165) is 49.7 Å². The number of sulfonamides is 1. The van der Waals surface area contributed by atoms with Gasteiger partial charge in [0.1, 0.15) is 10.3 Å². The van der Waals surface area contributed by atoms with Crippen molar-refractivity contribution in [2.75, 3.05) is 26.2 Å². The molecule has 0 aliphatic carbocycles. The van der Waals surface area contributed by atoms with Crippen molar-refractivity contribution in [2.45, 2.75) is 49.8 Å². The molecule has 1 aromatic carbocycles. The van der Waals surface area contributed by atoms with E-state index >= 15 is 0 Å². The fourth-order valence-corrected chi connectivity index (χ4v) is 6.47. The van der Waals surface area contributed by atoms with E-state index in [0.29, 0.717) is 6.54 Å². The summed E-state index contributed by atoms with van der Waals surface area (Å²) in [6.45, 7) is 7.39. The van der Waals surface area contributed by atoms with Crippen LogP contribution < -0.4 is 10.0 Å². The Morgan fingerprint density at radius 1 is 1.12 bits per heavy atom. The molecule has 0 bridgehead atoms. The largest absolute Gasteiger partial charge is 0.355 e. The summed E-state index contributed by atoms with van der Waals surface area (Å²) in [4.78, 5) is 15.1. The lowest BCUT2D eigenvalue weighted by Crippen LogP contribution is -2.49. The normalized spacial score (nSPS) is 16.8. The second kappa shape index (κ2) is 11.9. The van der Waals surface area contributed by atoms with Gasteiger partial charge in [-0.05, 0) is 74.2 Å². The molecule has 1 fully saturated rings. The van der Waals surface area contributed by atoms with Gasteiger partial charge < -0.3 is 10.2 Å². The summed E-state index contributed by atoms with van der Waals surface area (Å²) in [7, 11) is -3.68. The molecule has 0 saturated carbocycles. The summed E-state index contributed by atoms with van der Waals surface area (Å²) in [5.74, 6) is 0.339. The number of carbonyl (C=O) groups is 1. The minimum atomic E-state index is -3.68. The molecule has 1 aliphatic heterocycles. The van der Waals surface area contributed by atoms with Crippen molar-refractivity contribution in [1.29, 1.82) is 0 Å². The van der Waals surface area contributed by atoms with Crippen molar-refractivity contribution in [1.82, 2.24) is 14.9 Å². The molecule has 2 aromatic rings. The van der Waals surface area contributed by atoms with Crippen LogP contribution in [0.3, 0.4) is 0 Å². The van der Waals surface area contributed by atoms with Crippen molar-refractivity contribution in [3.8, 4) is 0 Å². The van der Waals surface area contributed by atoms with Gasteiger partial charge in [-0.25, -0.2) is 8.42 Å². The fraction of sp³-hybridized carbons (Fsp3) is 0.542. The van der Waals surface area contributed by atoms with Crippen LogP contribution in [0.1, 0.15) is 38.7 Å². The molecule has 8 heteroatoms. The van der Waals surface area contributed by atoms with E-state index in [-0.39, 0.29) is 16.0 Å². The average molecular weight is 478 g/mol. The van der Waals surface area contributed by atoms with Crippen LogP contribution in [-0.2, 0) is 21.2 Å². The highest BCUT2D eigenvalue weighted by Gasteiger charge is 2.28. The van der Waals surface area contributed by atoms with Crippen LogP contribution in [0.25, 0.3) is 0 Å². The summed E-state index contributed by atoms with van der Waals surface area (Å²) in [5.41, 5.74) is 1.42. The first-order chi connectivity index (χ1) is 15.3. The first-order valence-electron chi connectivity index (χ1n) is 11.4.